The second-order valence-corrected chi connectivity index (χ2v) is 4.00. The molecule has 1 unspecified atom stereocenters. The standard InChI is InChI=1S/C11H18N4O2/c1-3-12-10-9(17-2)11(14-7-13-10)15-5-4-8(16)6-15/h7-8,16H,3-6H2,1-2H3,(H,12,13,14). The third kappa shape index (κ3) is 2.41. The Morgan fingerprint density at radius 3 is 3.00 bits per heavy atom. The summed E-state index contributed by atoms with van der Waals surface area (Å²) in [6, 6.07) is 0. The normalized spacial score (nSPS) is 19.5. The third-order valence-corrected chi connectivity index (χ3v) is 2.80. The van der Waals surface area contributed by atoms with Crippen LogP contribution in [0.2, 0.25) is 0 Å². The average Bonchev–Trinajstić information content (AvgIpc) is 2.76. The number of nitrogens with one attached hydrogen (secondary N) is 1. The number of aliphatic hydroxyl groups is 1. The van der Waals surface area contributed by atoms with Crippen molar-refractivity contribution >= 4 is 11.6 Å². The average molecular weight is 238 g/mol. The van der Waals surface area contributed by atoms with Gasteiger partial charge in [-0.25, -0.2) is 9.97 Å². The first-order valence-electron chi connectivity index (χ1n) is 5.82. The molecule has 0 amide bonds. The summed E-state index contributed by atoms with van der Waals surface area (Å²) in [7, 11) is 1.61. The van der Waals surface area contributed by atoms with E-state index < -0.39 is 0 Å². The van der Waals surface area contributed by atoms with Crippen molar-refractivity contribution in [3.63, 3.8) is 0 Å². The number of nitrogens with zero attached hydrogens (tertiary/aromatic N) is 3. The zero-order valence-corrected chi connectivity index (χ0v) is 10.2. The lowest BCUT2D eigenvalue weighted by Crippen LogP contribution is -2.23. The molecule has 0 bridgehead atoms. The van der Waals surface area contributed by atoms with Gasteiger partial charge in [0.25, 0.3) is 0 Å². The maximum atomic E-state index is 9.56. The van der Waals surface area contributed by atoms with Crippen molar-refractivity contribution in [1.82, 2.24) is 9.97 Å². The molecule has 1 fully saturated rings. The van der Waals surface area contributed by atoms with Gasteiger partial charge in [0.15, 0.2) is 11.6 Å². The SMILES string of the molecule is CCNc1ncnc(N2CCC(O)C2)c1OC. The highest BCUT2D eigenvalue weighted by Crippen LogP contribution is 2.33. The van der Waals surface area contributed by atoms with Crippen LogP contribution in [-0.2, 0) is 0 Å². The summed E-state index contributed by atoms with van der Waals surface area (Å²) in [6.45, 7) is 4.16. The fourth-order valence-corrected chi connectivity index (χ4v) is 2.01. The van der Waals surface area contributed by atoms with Gasteiger partial charge in [0.1, 0.15) is 6.33 Å². The second-order valence-electron chi connectivity index (χ2n) is 4.00. The minimum absolute atomic E-state index is 0.280. The lowest BCUT2D eigenvalue weighted by molar-refractivity contribution is 0.198. The van der Waals surface area contributed by atoms with E-state index in [1.54, 1.807) is 7.11 Å². The van der Waals surface area contributed by atoms with Gasteiger partial charge in [0, 0.05) is 19.6 Å². The molecule has 6 heteroatoms. The number of methoxy groups -OCH3 is 1. The summed E-state index contributed by atoms with van der Waals surface area (Å²) in [5.74, 6) is 2.08. The number of rotatable bonds is 4. The lowest BCUT2D eigenvalue weighted by Gasteiger charge is -2.20. The second kappa shape index (κ2) is 5.18. The molecule has 6 nitrogen and oxygen atoms in total. The van der Waals surface area contributed by atoms with Crippen LogP contribution in [0, 0.1) is 0 Å². The molecule has 0 saturated carbocycles. The van der Waals surface area contributed by atoms with E-state index in [1.807, 2.05) is 11.8 Å². The maximum Gasteiger partial charge on any atom is 0.204 e. The molecule has 2 rings (SSSR count). The molecule has 0 aliphatic carbocycles. The van der Waals surface area contributed by atoms with Crippen molar-refractivity contribution in [2.24, 2.45) is 0 Å². The van der Waals surface area contributed by atoms with Crippen LogP contribution in [0.1, 0.15) is 13.3 Å². The Morgan fingerprint density at radius 2 is 2.41 bits per heavy atom. The molecule has 0 aromatic carbocycles. The van der Waals surface area contributed by atoms with E-state index in [4.69, 9.17) is 4.74 Å². The fraction of sp³-hybridized carbons (Fsp3) is 0.636. The smallest absolute Gasteiger partial charge is 0.204 e. The van der Waals surface area contributed by atoms with Gasteiger partial charge < -0.3 is 20.1 Å². The minimum Gasteiger partial charge on any atom is -0.490 e. The Balaban J connectivity index is 2.29. The van der Waals surface area contributed by atoms with Crippen LogP contribution < -0.4 is 15.0 Å². The predicted octanol–water partition coefficient (Wildman–Crippen LogP) is 0.488. The first-order valence-corrected chi connectivity index (χ1v) is 5.82. The quantitative estimate of drug-likeness (QED) is 0.795. The van der Waals surface area contributed by atoms with Crippen LogP contribution in [0.15, 0.2) is 6.33 Å². The summed E-state index contributed by atoms with van der Waals surface area (Å²) < 4.78 is 5.37. The van der Waals surface area contributed by atoms with Crippen molar-refractivity contribution in [1.29, 1.82) is 0 Å². The van der Waals surface area contributed by atoms with Crippen molar-refractivity contribution in [2.45, 2.75) is 19.4 Å². The van der Waals surface area contributed by atoms with E-state index in [2.05, 4.69) is 15.3 Å². The number of aromatic nitrogens is 2. The molecule has 17 heavy (non-hydrogen) atoms. The van der Waals surface area contributed by atoms with Gasteiger partial charge >= 0.3 is 0 Å². The van der Waals surface area contributed by atoms with Crippen molar-refractivity contribution in [3.05, 3.63) is 6.33 Å². The predicted molar refractivity (Wildman–Crippen MR) is 65.6 cm³/mol. The topological polar surface area (TPSA) is 70.5 Å². The van der Waals surface area contributed by atoms with Crippen molar-refractivity contribution < 1.29 is 9.84 Å². The largest absolute Gasteiger partial charge is 0.490 e. The van der Waals surface area contributed by atoms with Gasteiger partial charge in [0.05, 0.1) is 13.2 Å². The zero-order chi connectivity index (χ0) is 12.3. The number of aliphatic hydroxyl groups excluding tert-OH is 1. The van der Waals surface area contributed by atoms with E-state index in [1.165, 1.54) is 6.33 Å². The molecular weight excluding hydrogens is 220 g/mol. The molecule has 1 aliphatic heterocycles. The first kappa shape index (κ1) is 11.9. The summed E-state index contributed by atoms with van der Waals surface area (Å²) in [4.78, 5) is 10.4. The Labute approximate surface area is 101 Å². The highest BCUT2D eigenvalue weighted by molar-refractivity contribution is 5.65. The van der Waals surface area contributed by atoms with Gasteiger partial charge in [-0.15, -0.1) is 0 Å². The molecule has 1 atom stereocenters. The van der Waals surface area contributed by atoms with E-state index in [9.17, 15) is 5.11 Å². The Morgan fingerprint density at radius 1 is 1.59 bits per heavy atom. The van der Waals surface area contributed by atoms with Crippen molar-refractivity contribution in [3.8, 4) is 5.75 Å². The highest BCUT2D eigenvalue weighted by atomic mass is 16.5. The fourth-order valence-electron chi connectivity index (χ4n) is 2.01. The Bertz CT molecular complexity index is 386. The zero-order valence-electron chi connectivity index (χ0n) is 10.2. The summed E-state index contributed by atoms with van der Waals surface area (Å²) in [5.41, 5.74) is 0. The van der Waals surface area contributed by atoms with Gasteiger partial charge in [-0.05, 0) is 13.3 Å². The molecule has 1 aromatic rings. The van der Waals surface area contributed by atoms with E-state index in [-0.39, 0.29) is 6.10 Å². The van der Waals surface area contributed by atoms with E-state index in [0.29, 0.717) is 18.1 Å². The molecule has 1 aromatic heterocycles. The Hall–Kier alpha value is -1.56. The molecule has 94 valence electrons. The van der Waals surface area contributed by atoms with Crippen molar-refractivity contribution in [2.75, 3.05) is 37.0 Å². The molecule has 0 radical (unpaired) electrons. The first-order chi connectivity index (χ1) is 8.26. The van der Waals surface area contributed by atoms with Crippen LogP contribution in [0.25, 0.3) is 0 Å². The highest BCUT2D eigenvalue weighted by Gasteiger charge is 2.25. The molecular formula is C11H18N4O2. The number of β-amino-alcohol motifs (C(OH)–C–C–N with tert-alkyl or cyclic N) is 1. The number of hydrogen-bond acceptors (Lipinski definition) is 6. The number of ether oxygens (including phenoxy) is 1. The molecule has 1 saturated heterocycles. The number of anilines is 2. The monoisotopic (exact) mass is 238 g/mol. The van der Waals surface area contributed by atoms with Crippen LogP contribution in [0.5, 0.6) is 5.75 Å². The van der Waals surface area contributed by atoms with E-state index in [0.717, 1.165) is 25.3 Å². The van der Waals surface area contributed by atoms with E-state index >= 15 is 0 Å². The molecule has 0 spiro atoms. The third-order valence-electron chi connectivity index (χ3n) is 2.80. The molecule has 2 N–H and O–H groups in total. The maximum absolute atomic E-state index is 9.56. The van der Waals surface area contributed by atoms with Crippen LogP contribution >= 0.6 is 0 Å². The minimum atomic E-state index is -0.280. The summed E-state index contributed by atoms with van der Waals surface area (Å²) in [5, 5.41) is 12.7. The van der Waals surface area contributed by atoms with Gasteiger partial charge in [-0.3, -0.25) is 0 Å². The summed E-state index contributed by atoms with van der Waals surface area (Å²) in [6.07, 6.45) is 2.00. The Kier molecular flexibility index (Phi) is 3.63. The van der Waals surface area contributed by atoms with Gasteiger partial charge in [-0.2, -0.15) is 0 Å². The summed E-state index contributed by atoms with van der Waals surface area (Å²) >= 11 is 0. The lowest BCUT2D eigenvalue weighted by atomic mass is 10.3. The van der Waals surface area contributed by atoms with Gasteiger partial charge in [-0.1, -0.05) is 0 Å². The molecule has 2 heterocycles. The number of hydrogen-bond donors (Lipinski definition) is 2. The van der Waals surface area contributed by atoms with Crippen LogP contribution in [-0.4, -0.2) is 47.9 Å². The van der Waals surface area contributed by atoms with Gasteiger partial charge in [0.2, 0.25) is 5.75 Å². The van der Waals surface area contributed by atoms with Crippen LogP contribution in [0.4, 0.5) is 11.6 Å². The van der Waals surface area contributed by atoms with Crippen LogP contribution in [0.3, 0.4) is 0 Å². The molecule has 1 aliphatic rings.